The van der Waals surface area contributed by atoms with Crippen LogP contribution >= 0.6 is 0 Å². The lowest BCUT2D eigenvalue weighted by molar-refractivity contribution is 0.0756. The number of rotatable bonds is 0. The molecule has 0 saturated carbocycles. The summed E-state index contributed by atoms with van der Waals surface area (Å²) in [6, 6.07) is 5.21. The summed E-state index contributed by atoms with van der Waals surface area (Å²) < 4.78 is 17.9. The molecule has 0 spiro atoms. The first-order valence-corrected chi connectivity index (χ1v) is 4.76. The number of carbonyl (C=O) groups is 1. The van der Waals surface area contributed by atoms with Gasteiger partial charge in [-0.2, -0.15) is 4.21 Å². The van der Waals surface area contributed by atoms with Gasteiger partial charge in [0.1, 0.15) is 0 Å². The lowest BCUT2D eigenvalue weighted by Crippen LogP contribution is -2.21. The Kier molecular flexibility index (Phi) is 1.81. The second kappa shape index (κ2) is 2.85. The largest absolute Gasteiger partial charge is 0.355 e. The van der Waals surface area contributed by atoms with Crippen molar-refractivity contribution in [2.45, 2.75) is 6.92 Å². The van der Waals surface area contributed by atoms with E-state index in [1.807, 2.05) is 6.92 Å². The third kappa shape index (κ3) is 1.42. The van der Waals surface area contributed by atoms with Gasteiger partial charge in [-0.25, -0.2) is 4.79 Å². The van der Waals surface area contributed by atoms with Gasteiger partial charge in [0.05, 0.1) is 11.3 Å². The highest BCUT2D eigenvalue weighted by atomic mass is 32.2. The highest BCUT2D eigenvalue weighted by molar-refractivity contribution is 7.82. The van der Waals surface area contributed by atoms with E-state index >= 15 is 0 Å². The van der Waals surface area contributed by atoms with E-state index < -0.39 is 17.2 Å². The summed E-state index contributed by atoms with van der Waals surface area (Å²) in [7, 11) is 0. The molecule has 4 nitrogen and oxygen atoms in total. The Morgan fingerprint density at radius 1 is 1.46 bits per heavy atom. The van der Waals surface area contributed by atoms with Gasteiger partial charge in [-0.05, 0) is 24.6 Å². The van der Waals surface area contributed by atoms with E-state index in [1.165, 1.54) is 0 Å². The molecule has 1 aromatic rings. The monoisotopic (exact) mass is 197 g/mol. The molecule has 0 aliphatic carbocycles. The number of fused-ring (bicyclic) bond motifs is 1. The molecule has 1 aliphatic heterocycles. The molecule has 1 heterocycles. The van der Waals surface area contributed by atoms with Crippen molar-refractivity contribution in [2.75, 3.05) is 4.72 Å². The van der Waals surface area contributed by atoms with E-state index in [0.29, 0.717) is 11.3 Å². The quantitative estimate of drug-likeness (QED) is 0.679. The van der Waals surface area contributed by atoms with E-state index in [9.17, 15) is 9.00 Å². The minimum atomic E-state index is -1.74. The first kappa shape index (κ1) is 8.25. The van der Waals surface area contributed by atoms with Crippen LogP contribution in [0.4, 0.5) is 5.69 Å². The number of aryl methyl sites for hydroxylation is 1. The molecule has 1 atom stereocenters. The Balaban J connectivity index is 2.55. The van der Waals surface area contributed by atoms with Crippen molar-refractivity contribution in [3.05, 3.63) is 29.3 Å². The van der Waals surface area contributed by atoms with E-state index in [-0.39, 0.29) is 0 Å². The van der Waals surface area contributed by atoms with Crippen molar-refractivity contribution in [3.63, 3.8) is 0 Å². The predicted octanol–water partition coefficient (Wildman–Crippen LogP) is 1.16. The molecule has 1 aromatic carbocycles. The molecule has 1 N–H and O–H groups in total. The van der Waals surface area contributed by atoms with Crippen LogP contribution in [0, 0.1) is 6.92 Å². The Morgan fingerprint density at radius 3 is 3.00 bits per heavy atom. The highest BCUT2D eigenvalue weighted by Gasteiger charge is 2.22. The van der Waals surface area contributed by atoms with Crippen molar-refractivity contribution >= 4 is 22.9 Å². The zero-order valence-corrected chi connectivity index (χ0v) is 7.68. The van der Waals surface area contributed by atoms with Crippen LogP contribution in [0.1, 0.15) is 15.9 Å². The Labute approximate surface area is 77.7 Å². The zero-order chi connectivity index (χ0) is 9.42. The average molecular weight is 197 g/mol. The number of anilines is 1. The summed E-state index contributed by atoms with van der Waals surface area (Å²) >= 11 is -1.74. The average Bonchev–Trinajstić information content (AvgIpc) is 2.02. The maximum Gasteiger partial charge on any atom is 0.355 e. The normalized spacial score (nSPS) is 20.1. The molecule has 0 amide bonds. The van der Waals surface area contributed by atoms with Crippen LogP contribution in [0.15, 0.2) is 18.2 Å². The number of carbonyl (C=O) groups excluding carboxylic acids is 1. The van der Waals surface area contributed by atoms with Gasteiger partial charge in [0.2, 0.25) is 0 Å². The predicted molar refractivity (Wildman–Crippen MR) is 48.4 cm³/mol. The maximum atomic E-state index is 11.2. The minimum absolute atomic E-state index is 0.421. The third-order valence-corrected chi connectivity index (χ3v) is 2.43. The number of nitrogens with one attached hydrogen (secondary N) is 1. The van der Waals surface area contributed by atoms with Gasteiger partial charge in [-0.1, -0.05) is 6.07 Å². The van der Waals surface area contributed by atoms with Crippen molar-refractivity contribution < 1.29 is 13.2 Å². The van der Waals surface area contributed by atoms with Crippen molar-refractivity contribution in [3.8, 4) is 0 Å². The molecule has 0 saturated heterocycles. The molecule has 0 bridgehead atoms. The van der Waals surface area contributed by atoms with E-state index in [4.69, 9.17) is 0 Å². The molecule has 0 aromatic heterocycles. The van der Waals surface area contributed by atoms with Crippen LogP contribution in [0.2, 0.25) is 0 Å². The van der Waals surface area contributed by atoms with E-state index in [1.54, 1.807) is 18.2 Å². The van der Waals surface area contributed by atoms with E-state index in [0.717, 1.165) is 5.56 Å². The van der Waals surface area contributed by atoms with Crippen LogP contribution < -0.4 is 4.72 Å². The minimum Gasteiger partial charge on any atom is -0.344 e. The fraction of sp³-hybridized carbons (Fsp3) is 0.125. The van der Waals surface area contributed by atoms with Crippen LogP contribution in [0.5, 0.6) is 0 Å². The first-order chi connectivity index (χ1) is 6.16. The lowest BCUT2D eigenvalue weighted by atomic mass is 10.1. The molecule has 68 valence electrons. The van der Waals surface area contributed by atoms with Gasteiger partial charge in [0.15, 0.2) is 0 Å². The summed E-state index contributed by atoms with van der Waals surface area (Å²) in [4.78, 5) is 11.2. The molecular weight excluding hydrogens is 190 g/mol. The fourth-order valence-corrected chi connectivity index (χ4v) is 1.76. The Bertz CT molecular complexity index is 402. The maximum absolute atomic E-state index is 11.2. The van der Waals surface area contributed by atoms with Crippen molar-refractivity contribution in [1.29, 1.82) is 0 Å². The van der Waals surface area contributed by atoms with Crippen molar-refractivity contribution in [2.24, 2.45) is 0 Å². The molecule has 2 rings (SSSR count). The standard InChI is InChI=1S/C8H7NO3S/c1-5-2-3-6-7(4-5)9-13(11)12-8(6)10/h2-4,9H,1H3. The molecule has 0 radical (unpaired) electrons. The third-order valence-electron chi connectivity index (χ3n) is 1.74. The fourth-order valence-electron chi connectivity index (χ4n) is 1.14. The van der Waals surface area contributed by atoms with Gasteiger partial charge in [0, 0.05) is 0 Å². The molecule has 1 unspecified atom stereocenters. The number of benzene rings is 1. The van der Waals surface area contributed by atoms with Crippen LogP contribution in [0.25, 0.3) is 0 Å². The van der Waals surface area contributed by atoms with Gasteiger partial charge in [0.25, 0.3) is 0 Å². The SMILES string of the molecule is Cc1ccc2c(c1)NS(=O)OC2=O. The topological polar surface area (TPSA) is 55.4 Å². The van der Waals surface area contributed by atoms with Gasteiger partial charge in [-0.15, -0.1) is 0 Å². The zero-order valence-electron chi connectivity index (χ0n) is 6.87. The Hall–Kier alpha value is -1.36. The van der Waals surface area contributed by atoms with Gasteiger partial charge >= 0.3 is 17.2 Å². The first-order valence-electron chi connectivity index (χ1n) is 3.68. The summed E-state index contributed by atoms with van der Waals surface area (Å²) in [5.41, 5.74) is 1.98. The van der Waals surface area contributed by atoms with Crippen LogP contribution in [-0.2, 0) is 15.4 Å². The Morgan fingerprint density at radius 2 is 2.23 bits per heavy atom. The highest BCUT2D eigenvalue weighted by Crippen LogP contribution is 2.23. The summed E-state index contributed by atoms with van der Waals surface area (Å²) in [5.74, 6) is -0.549. The molecular formula is C8H7NO3S. The van der Waals surface area contributed by atoms with Crippen molar-refractivity contribution in [1.82, 2.24) is 0 Å². The van der Waals surface area contributed by atoms with Crippen LogP contribution in [0.3, 0.4) is 0 Å². The number of hydrogen-bond acceptors (Lipinski definition) is 3. The molecule has 1 aliphatic rings. The van der Waals surface area contributed by atoms with Crippen LogP contribution in [-0.4, -0.2) is 10.2 Å². The number of hydrogen-bond donors (Lipinski definition) is 1. The van der Waals surface area contributed by atoms with Gasteiger partial charge in [-0.3, -0.25) is 4.72 Å². The summed E-state index contributed by atoms with van der Waals surface area (Å²) in [6.07, 6.45) is 0. The van der Waals surface area contributed by atoms with E-state index in [2.05, 4.69) is 8.91 Å². The summed E-state index contributed by atoms with van der Waals surface area (Å²) in [6.45, 7) is 1.89. The molecule has 0 fully saturated rings. The molecule has 5 heteroatoms. The second-order valence-corrected chi connectivity index (χ2v) is 3.60. The van der Waals surface area contributed by atoms with Gasteiger partial charge < -0.3 is 4.18 Å². The lowest BCUT2D eigenvalue weighted by Gasteiger charge is -2.15. The summed E-state index contributed by atoms with van der Waals surface area (Å²) in [5, 5.41) is 0. The molecule has 13 heavy (non-hydrogen) atoms. The smallest absolute Gasteiger partial charge is 0.344 e. The second-order valence-electron chi connectivity index (χ2n) is 2.76.